The highest BCUT2D eigenvalue weighted by Crippen LogP contribution is 2.06. The number of hydrogen-bond donors (Lipinski definition) is 1. The van der Waals surface area contributed by atoms with Gasteiger partial charge in [0.2, 0.25) is 5.91 Å². The third-order valence-corrected chi connectivity index (χ3v) is 2.90. The van der Waals surface area contributed by atoms with Gasteiger partial charge in [0.25, 0.3) is 0 Å². The molecule has 0 bridgehead atoms. The highest BCUT2D eigenvalue weighted by molar-refractivity contribution is 5.93. The van der Waals surface area contributed by atoms with E-state index in [4.69, 9.17) is 5.11 Å². The number of rotatable bonds is 6. The fraction of sp³-hybridized carbons (Fsp3) is 0.429. The summed E-state index contributed by atoms with van der Waals surface area (Å²) in [6, 6.07) is 8.26. The second kappa shape index (κ2) is 6.79. The van der Waals surface area contributed by atoms with Crippen LogP contribution < -0.4 is 0 Å². The van der Waals surface area contributed by atoms with Crippen LogP contribution in [-0.2, 0) is 22.4 Å². The van der Waals surface area contributed by atoms with Crippen LogP contribution in [0.25, 0.3) is 0 Å². The standard InChI is InChI=1S/C14H19NO3/c1-3-11-4-6-12(7-5-11)8-9-15(2)13(16)10-14(17)18/h4-7H,3,8-10H2,1-2H3,(H,17,18). The quantitative estimate of drug-likeness (QED) is 0.781. The number of carboxylic acids is 1. The third kappa shape index (κ3) is 4.57. The number of hydrogen-bond acceptors (Lipinski definition) is 2. The molecule has 0 saturated heterocycles. The number of amides is 1. The molecule has 0 fully saturated rings. The van der Waals surface area contributed by atoms with Gasteiger partial charge in [0.15, 0.2) is 0 Å². The fourth-order valence-electron chi connectivity index (χ4n) is 1.63. The average molecular weight is 249 g/mol. The van der Waals surface area contributed by atoms with Crippen LogP contribution in [0.15, 0.2) is 24.3 Å². The summed E-state index contributed by atoms with van der Waals surface area (Å²) < 4.78 is 0. The maximum atomic E-state index is 11.4. The van der Waals surface area contributed by atoms with Gasteiger partial charge in [-0.1, -0.05) is 31.2 Å². The molecular formula is C14H19NO3. The number of nitrogens with zero attached hydrogens (tertiary/aromatic N) is 1. The second-order valence-corrected chi connectivity index (χ2v) is 4.31. The van der Waals surface area contributed by atoms with Gasteiger partial charge in [-0.05, 0) is 24.0 Å². The van der Waals surface area contributed by atoms with E-state index >= 15 is 0 Å². The fourth-order valence-corrected chi connectivity index (χ4v) is 1.63. The van der Waals surface area contributed by atoms with Crippen molar-refractivity contribution in [2.45, 2.75) is 26.2 Å². The number of carbonyl (C=O) groups excluding carboxylic acids is 1. The summed E-state index contributed by atoms with van der Waals surface area (Å²) in [5, 5.41) is 8.53. The highest BCUT2D eigenvalue weighted by atomic mass is 16.4. The molecule has 0 saturated carbocycles. The molecule has 1 rings (SSSR count). The van der Waals surface area contributed by atoms with Gasteiger partial charge in [-0.25, -0.2) is 0 Å². The van der Waals surface area contributed by atoms with Crippen LogP contribution in [0.4, 0.5) is 0 Å². The van der Waals surface area contributed by atoms with E-state index in [1.165, 1.54) is 10.5 Å². The van der Waals surface area contributed by atoms with Crippen molar-refractivity contribution in [3.63, 3.8) is 0 Å². The molecule has 0 aliphatic rings. The first-order chi connectivity index (χ1) is 8.52. The van der Waals surface area contributed by atoms with Gasteiger partial charge in [-0.2, -0.15) is 0 Å². The van der Waals surface area contributed by atoms with Crippen molar-refractivity contribution in [1.29, 1.82) is 0 Å². The molecular weight excluding hydrogens is 230 g/mol. The molecule has 0 aliphatic carbocycles. The number of aliphatic carboxylic acids is 1. The summed E-state index contributed by atoms with van der Waals surface area (Å²) >= 11 is 0. The van der Waals surface area contributed by atoms with Crippen molar-refractivity contribution in [3.8, 4) is 0 Å². The number of likely N-dealkylation sites (N-methyl/N-ethyl adjacent to an activating group) is 1. The molecule has 1 aromatic rings. The van der Waals surface area contributed by atoms with E-state index in [0.717, 1.165) is 18.4 Å². The number of aryl methyl sites for hydroxylation is 1. The van der Waals surface area contributed by atoms with Crippen LogP contribution in [-0.4, -0.2) is 35.5 Å². The monoisotopic (exact) mass is 249 g/mol. The Labute approximate surface area is 107 Å². The van der Waals surface area contributed by atoms with Crippen LogP contribution in [0.5, 0.6) is 0 Å². The van der Waals surface area contributed by atoms with Gasteiger partial charge in [-0.15, -0.1) is 0 Å². The second-order valence-electron chi connectivity index (χ2n) is 4.31. The molecule has 4 heteroatoms. The molecule has 4 nitrogen and oxygen atoms in total. The van der Waals surface area contributed by atoms with Crippen LogP contribution in [0.2, 0.25) is 0 Å². The predicted octanol–water partition coefficient (Wildman–Crippen LogP) is 1.72. The molecule has 98 valence electrons. The van der Waals surface area contributed by atoms with Gasteiger partial charge in [0, 0.05) is 13.6 Å². The number of benzene rings is 1. The number of carbonyl (C=O) groups is 2. The Morgan fingerprint density at radius 1 is 1.17 bits per heavy atom. The average Bonchev–Trinajstić information content (AvgIpc) is 2.35. The minimum absolute atomic E-state index is 0.354. The third-order valence-electron chi connectivity index (χ3n) is 2.90. The lowest BCUT2D eigenvalue weighted by Gasteiger charge is -2.16. The molecule has 0 aliphatic heterocycles. The molecule has 0 heterocycles. The lowest BCUT2D eigenvalue weighted by atomic mass is 10.1. The number of carboxylic acid groups (broad SMARTS) is 1. The van der Waals surface area contributed by atoms with Crippen molar-refractivity contribution in [1.82, 2.24) is 4.90 Å². The Kier molecular flexibility index (Phi) is 5.36. The largest absolute Gasteiger partial charge is 0.481 e. The lowest BCUT2D eigenvalue weighted by Crippen LogP contribution is -2.30. The first-order valence-corrected chi connectivity index (χ1v) is 6.06. The van der Waals surface area contributed by atoms with Crippen molar-refractivity contribution < 1.29 is 14.7 Å². The zero-order valence-corrected chi connectivity index (χ0v) is 10.8. The van der Waals surface area contributed by atoms with Gasteiger partial charge >= 0.3 is 5.97 Å². The summed E-state index contributed by atoms with van der Waals surface area (Å²) in [4.78, 5) is 23.3. The summed E-state index contributed by atoms with van der Waals surface area (Å²) in [6.45, 7) is 2.64. The molecule has 0 aromatic heterocycles. The topological polar surface area (TPSA) is 57.6 Å². The summed E-state index contributed by atoms with van der Waals surface area (Å²) in [5.41, 5.74) is 2.44. The van der Waals surface area contributed by atoms with Gasteiger partial charge in [0.05, 0.1) is 0 Å². The van der Waals surface area contributed by atoms with Crippen molar-refractivity contribution >= 4 is 11.9 Å². The SMILES string of the molecule is CCc1ccc(CCN(C)C(=O)CC(=O)O)cc1. The first kappa shape index (κ1) is 14.2. The van der Waals surface area contributed by atoms with E-state index in [0.29, 0.717) is 6.54 Å². The molecule has 0 atom stereocenters. The maximum Gasteiger partial charge on any atom is 0.312 e. The summed E-state index contributed by atoms with van der Waals surface area (Å²) in [6.07, 6.45) is 1.31. The minimum Gasteiger partial charge on any atom is -0.481 e. The minimum atomic E-state index is -1.08. The molecule has 1 N–H and O–H groups in total. The normalized spacial score (nSPS) is 10.1. The molecule has 0 radical (unpaired) electrons. The van der Waals surface area contributed by atoms with Gasteiger partial charge in [0.1, 0.15) is 6.42 Å². The summed E-state index contributed by atoms with van der Waals surface area (Å²) in [5.74, 6) is -1.44. The molecule has 1 amide bonds. The zero-order valence-electron chi connectivity index (χ0n) is 10.8. The van der Waals surface area contributed by atoms with Crippen molar-refractivity contribution in [3.05, 3.63) is 35.4 Å². The van der Waals surface area contributed by atoms with Crippen molar-refractivity contribution in [2.24, 2.45) is 0 Å². The smallest absolute Gasteiger partial charge is 0.312 e. The molecule has 0 spiro atoms. The Bertz CT molecular complexity index is 412. The van der Waals surface area contributed by atoms with E-state index in [1.54, 1.807) is 7.05 Å². The van der Waals surface area contributed by atoms with Crippen LogP contribution >= 0.6 is 0 Å². The first-order valence-electron chi connectivity index (χ1n) is 6.06. The van der Waals surface area contributed by atoms with Gasteiger partial charge < -0.3 is 10.0 Å². The van der Waals surface area contributed by atoms with E-state index in [-0.39, 0.29) is 5.91 Å². The Morgan fingerprint density at radius 3 is 2.22 bits per heavy atom. The van der Waals surface area contributed by atoms with Crippen molar-refractivity contribution in [2.75, 3.05) is 13.6 Å². The van der Waals surface area contributed by atoms with E-state index < -0.39 is 12.4 Å². The molecule has 18 heavy (non-hydrogen) atoms. The zero-order chi connectivity index (χ0) is 13.5. The summed E-state index contributed by atoms with van der Waals surface area (Å²) in [7, 11) is 1.63. The van der Waals surface area contributed by atoms with E-state index in [1.807, 2.05) is 12.1 Å². The molecule has 1 aromatic carbocycles. The Morgan fingerprint density at radius 2 is 1.72 bits per heavy atom. The molecule has 0 unspecified atom stereocenters. The van der Waals surface area contributed by atoms with Crippen LogP contribution in [0.3, 0.4) is 0 Å². The Hall–Kier alpha value is -1.84. The Balaban J connectivity index is 2.43. The van der Waals surface area contributed by atoms with E-state index in [2.05, 4.69) is 19.1 Å². The van der Waals surface area contributed by atoms with Crippen LogP contribution in [0.1, 0.15) is 24.5 Å². The lowest BCUT2D eigenvalue weighted by molar-refractivity contribution is -0.143. The van der Waals surface area contributed by atoms with Gasteiger partial charge in [-0.3, -0.25) is 9.59 Å². The predicted molar refractivity (Wildman–Crippen MR) is 69.4 cm³/mol. The van der Waals surface area contributed by atoms with Crippen LogP contribution in [0, 0.1) is 0 Å². The van der Waals surface area contributed by atoms with E-state index in [9.17, 15) is 9.59 Å². The maximum absolute atomic E-state index is 11.4. The highest BCUT2D eigenvalue weighted by Gasteiger charge is 2.12.